The first-order valence-corrected chi connectivity index (χ1v) is 8.56. The number of nitrogens with zero attached hydrogens (tertiary/aromatic N) is 2. The van der Waals surface area contributed by atoms with Crippen molar-refractivity contribution < 1.29 is 9.53 Å². The number of aromatic nitrogens is 2. The third-order valence-corrected chi connectivity index (χ3v) is 3.97. The molecular formula is C18H33N3O2. The van der Waals surface area contributed by atoms with E-state index in [0.29, 0.717) is 24.3 Å². The summed E-state index contributed by atoms with van der Waals surface area (Å²) in [5.74, 6) is 1.87. The number of rotatable bonds is 7. The zero-order valence-corrected chi connectivity index (χ0v) is 15.7. The molecule has 1 N–H and O–H groups in total. The van der Waals surface area contributed by atoms with Gasteiger partial charge in [0.1, 0.15) is 5.60 Å². The molecular weight excluding hydrogens is 290 g/mol. The monoisotopic (exact) mass is 323 g/mol. The molecule has 0 radical (unpaired) electrons. The van der Waals surface area contributed by atoms with Gasteiger partial charge in [-0.3, -0.25) is 0 Å². The Morgan fingerprint density at radius 1 is 1.26 bits per heavy atom. The Kier molecular flexibility index (Phi) is 7.10. The van der Waals surface area contributed by atoms with Crippen molar-refractivity contribution in [3.05, 3.63) is 18.2 Å². The van der Waals surface area contributed by atoms with Crippen LogP contribution in [0.25, 0.3) is 0 Å². The predicted molar refractivity (Wildman–Crippen MR) is 93.3 cm³/mol. The lowest BCUT2D eigenvalue weighted by Gasteiger charge is -2.26. The molecule has 0 bridgehead atoms. The van der Waals surface area contributed by atoms with Crippen molar-refractivity contribution in [3.8, 4) is 0 Å². The standard InChI is InChI=1S/C18H33N3O2/c1-13(2)16(14(3)4)11-21-12-19-10-15(21)8-9-20-17(22)23-18(5,6)7/h10,12-14,16H,8-9,11H2,1-7H3,(H,20,22). The molecule has 0 saturated heterocycles. The molecule has 1 aromatic heterocycles. The molecule has 1 heterocycles. The van der Waals surface area contributed by atoms with Crippen LogP contribution in [0, 0.1) is 17.8 Å². The van der Waals surface area contributed by atoms with E-state index >= 15 is 0 Å². The number of imidazole rings is 1. The average molecular weight is 323 g/mol. The minimum absolute atomic E-state index is 0.370. The Labute approximate surface area is 140 Å². The van der Waals surface area contributed by atoms with E-state index < -0.39 is 5.60 Å². The molecule has 0 aliphatic rings. The quantitative estimate of drug-likeness (QED) is 0.828. The van der Waals surface area contributed by atoms with E-state index in [1.54, 1.807) is 0 Å². The second-order valence-corrected chi connectivity index (χ2v) is 7.87. The van der Waals surface area contributed by atoms with E-state index in [2.05, 4.69) is 42.6 Å². The van der Waals surface area contributed by atoms with Crippen LogP contribution in [0.15, 0.2) is 12.5 Å². The lowest BCUT2D eigenvalue weighted by atomic mass is 9.85. The van der Waals surface area contributed by atoms with Gasteiger partial charge in [0.25, 0.3) is 0 Å². The number of carbonyl (C=O) groups is 1. The van der Waals surface area contributed by atoms with Crippen LogP contribution >= 0.6 is 0 Å². The first-order valence-electron chi connectivity index (χ1n) is 8.56. The van der Waals surface area contributed by atoms with Gasteiger partial charge in [0.05, 0.1) is 6.33 Å². The van der Waals surface area contributed by atoms with Crippen molar-refractivity contribution in [2.24, 2.45) is 17.8 Å². The number of carbonyl (C=O) groups excluding carboxylic acids is 1. The maximum atomic E-state index is 11.7. The topological polar surface area (TPSA) is 56.2 Å². The molecule has 5 heteroatoms. The van der Waals surface area contributed by atoms with Crippen molar-refractivity contribution in [3.63, 3.8) is 0 Å². The van der Waals surface area contributed by atoms with Gasteiger partial charge in [0.15, 0.2) is 0 Å². The highest BCUT2D eigenvalue weighted by molar-refractivity contribution is 5.67. The van der Waals surface area contributed by atoms with Crippen LogP contribution < -0.4 is 5.32 Å². The molecule has 0 aliphatic carbocycles. The van der Waals surface area contributed by atoms with Crippen molar-refractivity contribution in [2.75, 3.05) is 6.54 Å². The Hall–Kier alpha value is -1.52. The van der Waals surface area contributed by atoms with E-state index in [0.717, 1.165) is 18.7 Å². The molecule has 132 valence electrons. The Morgan fingerprint density at radius 3 is 2.39 bits per heavy atom. The summed E-state index contributed by atoms with van der Waals surface area (Å²) in [5.41, 5.74) is 0.681. The fourth-order valence-electron chi connectivity index (χ4n) is 2.75. The van der Waals surface area contributed by atoms with E-state index in [1.807, 2.05) is 33.3 Å². The van der Waals surface area contributed by atoms with Gasteiger partial charge in [-0.2, -0.15) is 0 Å². The summed E-state index contributed by atoms with van der Waals surface area (Å²) in [6.07, 6.45) is 4.16. The van der Waals surface area contributed by atoms with Crippen LogP contribution in [0.4, 0.5) is 4.79 Å². The zero-order chi connectivity index (χ0) is 17.6. The van der Waals surface area contributed by atoms with E-state index in [1.165, 1.54) is 0 Å². The average Bonchev–Trinajstić information content (AvgIpc) is 2.80. The number of hydrogen-bond donors (Lipinski definition) is 1. The van der Waals surface area contributed by atoms with Gasteiger partial charge in [0, 0.05) is 31.4 Å². The molecule has 0 spiro atoms. The van der Waals surface area contributed by atoms with Crippen LogP contribution in [0.3, 0.4) is 0 Å². The smallest absolute Gasteiger partial charge is 0.407 e. The number of ether oxygens (including phenoxy) is 1. The Balaban J connectivity index is 2.54. The normalized spacial score (nSPS) is 12.3. The number of alkyl carbamates (subject to hydrolysis) is 1. The van der Waals surface area contributed by atoms with Gasteiger partial charge in [-0.25, -0.2) is 9.78 Å². The predicted octanol–water partition coefficient (Wildman–Crippen LogP) is 3.88. The van der Waals surface area contributed by atoms with Gasteiger partial charge in [-0.15, -0.1) is 0 Å². The van der Waals surface area contributed by atoms with Gasteiger partial charge in [-0.1, -0.05) is 27.7 Å². The molecule has 1 rings (SSSR count). The highest BCUT2D eigenvalue weighted by Gasteiger charge is 2.19. The van der Waals surface area contributed by atoms with E-state index in [-0.39, 0.29) is 6.09 Å². The molecule has 0 atom stereocenters. The molecule has 0 saturated carbocycles. The molecule has 0 aromatic carbocycles. The fraction of sp³-hybridized carbons (Fsp3) is 0.778. The molecule has 0 unspecified atom stereocenters. The molecule has 23 heavy (non-hydrogen) atoms. The van der Waals surface area contributed by atoms with Crippen molar-refractivity contribution in [1.82, 2.24) is 14.9 Å². The van der Waals surface area contributed by atoms with Crippen LogP contribution in [0.5, 0.6) is 0 Å². The van der Waals surface area contributed by atoms with Gasteiger partial charge >= 0.3 is 6.09 Å². The summed E-state index contributed by atoms with van der Waals surface area (Å²) in [5, 5.41) is 2.80. The molecule has 1 aromatic rings. The summed E-state index contributed by atoms with van der Waals surface area (Å²) >= 11 is 0. The minimum Gasteiger partial charge on any atom is -0.444 e. The first-order chi connectivity index (χ1) is 10.6. The molecule has 5 nitrogen and oxygen atoms in total. The highest BCUT2D eigenvalue weighted by atomic mass is 16.6. The SMILES string of the molecule is CC(C)C(Cn1cncc1CCNC(=O)OC(C)(C)C)C(C)C. The molecule has 0 fully saturated rings. The summed E-state index contributed by atoms with van der Waals surface area (Å²) in [4.78, 5) is 15.9. The van der Waals surface area contributed by atoms with Crippen LogP contribution in [0.2, 0.25) is 0 Å². The van der Waals surface area contributed by atoms with Crippen LogP contribution in [-0.4, -0.2) is 27.8 Å². The number of nitrogens with one attached hydrogen (secondary N) is 1. The molecule has 1 amide bonds. The lowest BCUT2D eigenvalue weighted by molar-refractivity contribution is 0.0528. The van der Waals surface area contributed by atoms with E-state index in [4.69, 9.17) is 4.74 Å². The lowest BCUT2D eigenvalue weighted by Crippen LogP contribution is -2.33. The summed E-state index contributed by atoms with van der Waals surface area (Å²) in [6, 6.07) is 0. The van der Waals surface area contributed by atoms with Crippen molar-refractivity contribution in [2.45, 2.75) is 67.0 Å². The minimum atomic E-state index is -0.465. The second kappa shape index (κ2) is 8.37. The summed E-state index contributed by atoms with van der Waals surface area (Å²) in [6.45, 7) is 16.2. The third kappa shape index (κ3) is 7.06. The molecule has 0 aliphatic heterocycles. The van der Waals surface area contributed by atoms with Gasteiger partial charge in [0.2, 0.25) is 0 Å². The maximum Gasteiger partial charge on any atom is 0.407 e. The summed E-state index contributed by atoms with van der Waals surface area (Å²) < 4.78 is 7.45. The maximum absolute atomic E-state index is 11.7. The Morgan fingerprint density at radius 2 is 1.87 bits per heavy atom. The largest absolute Gasteiger partial charge is 0.444 e. The first kappa shape index (κ1) is 19.5. The summed E-state index contributed by atoms with van der Waals surface area (Å²) in [7, 11) is 0. The third-order valence-electron chi connectivity index (χ3n) is 3.97. The number of amides is 1. The second-order valence-electron chi connectivity index (χ2n) is 7.87. The number of hydrogen-bond acceptors (Lipinski definition) is 3. The van der Waals surface area contributed by atoms with Crippen molar-refractivity contribution in [1.29, 1.82) is 0 Å². The van der Waals surface area contributed by atoms with Crippen LogP contribution in [-0.2, 0) is 17.7 Å². The highest BCUT2D eigenvalue weighted by Crippen LogP contribution is 2.23. The van der Waals surface area contributed by atoms with Crippen LogP contribution in [0.1, 0.15) is 54.2 Å². The fourth-order valence-corrected chi connectivity index (χ4v) is 2.75. The Bertz CT molecular complexity index is 479. The van der Waals surface area contributed by atoms with Gasteiger partial charge < -0.3 is 14.6 Å². The van der Waals surface area contributed by atoms with Crippen molar-refractivity contribution >= 4 is 6.09 Å². The van der Waals surface area contributed by atoms with E-state index in [9.17, 15) is 4.79 Å². The zero-order valence-electron chi connectivity index (χ0n) is 15.7. The van der Waals surface area contributed by atoms with Gasteiger partial charge in [-0.05, 0) is 38.5 Å².